The van der Waals surface area contributed by atoms with E-state index in [4.69, 9.17) is 4.74 Å². The van der Waals surface area contributed by atoms with Crippen LogP contribution in [0.2, 0.25) is 0 Å². The van der Waals surface area contributed by atoms with Crippen LogP contribution in [0, 0.1) is 5.82 Å². The molecular weight excluding hydrogens is 319 g/mol. The maximum atomic E-state index is 12.8. The van der Waals surface area contributed by atoms with Crippen LogP contribution < -0.4 is 10.2 Å². The molecule has 0 aliphatic carbocycles. The lowest BCUT2D eigenvalue weighted by Gasteiger charge is -2.19. The van der Waals surface area contributed by atoms with Gasteiger partial charge in [0.1, 0.15) is 11.6 Å². The summed E-state index contributed by atoms with van der Waals surface area (Å²) >= 11 is 0. The molecule has 0 saturated heterocycles. The van der Waals surface area contributed by atoms with Crippen molar-refractivity contribution >= 4 is 12.1 Å². The van der Waals surface area contributed by atoms with Gasteiger partial charge in [0, 0.05) is 0 Å². The summed E-state index contributed by atoms with van der Waals surface area (Å²) in [4.78, 5) is 12.0. The highest BCUT2D eigenvalue weighted by atomic mass is 19.1. The van der Waals surface area contributed by atoms with Crippen LogP contribution in [0.3, 0.4) is 0 Å². The van der Waals surface area contributed by atoms with E-state index in [0.29, 0.717) is 11.3 Å². The van der Waals surface area contributed by atoms with Gasteiger partial charge in [-0.15, -0.1) is 0 Å². The number of nitrogens with one attached hydrogen (secondary N) is 1. The Bertz CT molecular complexity index is 732. The molecule has 2 aromatic rings. The molecule has 1 amide bonds. The van der Waals surface area contributed by atoms with Crippen LogP contribution in [0.15, 0.2) is 53.6 Å². The monoisotopic (exact) mass is 342 g/mol. The van der Waals surface area contributed by atoms with Crippen molar-refractivity contribution < 1.29 is 13.9 Å². The Balaban J connectivity index is 1.88. The predicted molar refractivity (Wildman–Crippen MR) is 97.4 cm³/mol. The minimum Gasteiger partial charge on any atom is -0.481 e. The van der Waals surface area contributed by atoms with E-state index in [9.17, 15) is 9.18 Å². The molecule has 1 N–H and O–H groups in total. The number of benzene rings is 2. The molecule has 0 heterocycles. The summed E-state index contributed by atoms with van der Waals surface area (Å²) in [5.74, 6) is -0.0582. The Kier molecular flexibility index (Phi) is 5.91. The Morgan fingerprint density at radius 2 is 1.72 bits per heavy atom. The van der Waals surface area contributed by atoms with E-state index in [-0.39, 0.29) is 17.1 Å². The molecule has 0 spiro atoms. The number of rotatable bonds is 5. The molecule has 0 aromatic heterocycles. The topological polar surface area (TPSA) is 50.7 Å². The zero-order valence-corrected chi connectivity index (χ0v) is 14.9. The highest BCUT2D eigenvalue weighted by Crippen LogP contribution is 2.24. The third-order valence-corrected chi connectivity index (χ3v) is 3.66. The lowest BCUT2D eigenvalue weighted by molar-refractivity contribution is -0.127. The molecule has 5 heteroatoms. The minimum atomic E-state index is -0.689. The maximum Gasteiger partial charge on any atom is 0.280 e. The van der Waals surface area contributed by atoms with Crippen molar-refractivity contribution in [1.82, 2.24) is 5.43 Å². The molecule has 0 bridgehead atoms. The van der Waals surface area contributed by atoms with Crippen LogP contribution in [-0.4, -0.2) is 18.2 Å². The first-order valence-electron chi connectivity index (χ1n) is 8.11. The molecule has 1 unspecified atom stereocenters. The molecule has 0 aliphatic rings. The lowest BCUT2D eigenvalue weighted by atomic mass is 9.87. The highest BCUT2D eigenvalue weighted by molar-refractivity contribution is 5.84. The van der Waals surface area contributed by atoms with E-state index >= 15 is 0 Å². The fourth-order valence-corrected chi connectivity index (χ4v) is 2.10. The summed E-state index contributed by atoms with van der Waals surface area (Å²) < 4.78 is 18.4. The number of ether oxygens (including phenoxy) is 1. The van der Waals surface area contributed by atoms with E-state index in [1.807, 2.05) is 24.3 Å². The van der Waals surface area contributed by atoms with Crippen LogP contribution in [0.25, 0.3) is 0 Å². The normalized spacial score (nSPS) is 12.8. The Hall–Kier alpha value is -2.69. The van der Waals surface area contributed by atoms with E-state index in [2.05, 4.69) is 31.3 Å². The fraction of sp³-hybridized carbons (Fsp3) is 0.300. The standard InChI is InChI=1S/C20H23FN2O2/c1-14(25-18-11-7-16(8-12-18)20(2,3)4)19(24)23-22-13-15-5-9-17(21)10-6-15/h5-14H,1-4H3,(H,23,24)/b22-13+. The molecule has 132 valence electrons. The van der Waals surface area contributed by atoms with Crippen LogP contribution in [0.4, 0.5) is 4.39 Å². The van der Waals surface area contributed by atoms with Gasteiger partial charge in [-0.3, -0.25) is 4.79 Å². The molecule has 4 nitrogen and oxygen atoms in total. The molecule has 2 aromatic carbocycles. The summed E-state index contributed by atoms with van der Waals surface area (Å²) in [5.41, 5.74) is 4.36. The second-order valence-electron chi connectivity index (χ2n) is 6.82. The predicted octanol–water partition coefficient (Wildman–Crippen LogP) is 4.04. The van der Waals surface area contributed by atoms with Gasteiger partial charge in [0.2, 0.25) is 0 Å². The van der Waals surface area contributed by atoms with Gasteiger partial charge in [-0.2, -0.15) is 5.10 Å². The van der Waals surface area contributed by atoms with Gasteiger partial charge in [0.25, 0.3) is 5.91 Å². The number of nitrogens with zero attached hydrogens (tertiary/aromatic N) is 1. The zero-order valence-electron chi connectivity index (χ0n) is 14.9. The smallest absolute Gasteiger partial charge is 0.280 e. The van der Waals surface area contributed by atoms with Gasteiger partial charge in [-0.25, -0.2) is 9.82 Å². The summed E-state index contributed by atoms with van der Waals surface area (Å²) in [7, 11) is 0. The van der Waals surface area contributed by atoms with Crippen LogP contribution in [-0.2, 0) is 10.2 Å². The van der Waals surface area contributed by atoms with Gasteiger partial charge in [0.15, 0.2) is 6.10 Å². The van der Waals surface area contributed by atoms with Crippen molar-refractivity contribution in [3.8, 4) is 5.75 Å². The van der Waals surface area contributed by atoms with Gasteiger partial charge in [-0.05, 0) is 47.7 Å². The summed E-state index contributed by atoms with van der Waals surface area (Å²) in [6, 6.07) is 13.5. The maximum absolute atomic E-state index is 12.8. The third kappa shape index (κ3) is 5.71. The second-order valence-corrected chi connectivity index (χ2v) is 6.82. The minimum absolute atomic E-state index is 0.0661. The molecule has 0 fully saturated rings. The van der Waals surface area contributed by atoms with E-state index in [1.165, 1.54) is 23.9 Å². The van der Waals surface area contributed by atoms with Crippen molar-refractivity contribution in [1.29, 1.82) is 0 Å². The molecule has 0 saturated carbocycles. The van der Waals surface area contributed by atoms with E-state index in [1.54, 1.807) is 19.1 Å². The van der Waals surface area contributed by atoms with Gasteiger partial charge >= 0.3 is 0 Å². The first kappa shape index (κ1) is 18.6. The SMILES string of the molecule is CC(Oc1ccc(C(C)(C)C)cc1)C(=O)N/N=C/c1ccc(F)cc1. The average Bonchev–Trinajstić information content (AvgIpc) is 2.56. The summed E-state index contributed by atoms with van der Waals surface area (Å²) in [6.45, 7) is 8.06. The molecule has 0 radical (unpaired) electrons. The number of carbonyl (C=O) groups is 1. The van der Waals surface area contributed by atoms with Crippen LogP contribution in [0.1, 0.15) is 38.8 Å². The number of carbonyl (C=O) groups excluding carboxylic acids is 1. The fourth-order valence-electron chi connectivity index (χ4n) is 2.10. The Morgan fingerprint density at radius 1 is 1.12 bits per heavy atom. The van der Waals surface area contributed by atoms with Crippen molar-refractivity contribution in [2.24, 2.45) is 5.10 Å². The highest BCUT2D eigenvalue weighted by Gasteiger charge is 2.16. The molecular formula is C20H23FN2O2. The van der Waals surface area contributed by atoms with Gasteiger partial charge in [0.05, 0.1) is 6.21 Å². The van der Waals surface area contributed by atoms with Gasteiger partial charge in [-0.1, -0.05) is 45.0 Å². The average molecular weight is 342 g/mol. The van der Waals surface area contributed by atoms with Crippen molar-refractivity contribution in [2.75, 3.05) is 0 Å². The lowest BCUT2D eigenvalue weighted by Crippen LogP contribution is -2.33. The summed E-state index contributed by atoms with van der Waals surface area (Å²) in [5, 5.41) is 3.85. The third-order valence-electron chi connectivity index (χ3n) is 3.66. The van der Waals surface area contributed by atoms with Gasteiger partial charge < -0.3 is 4.74 Å². The molecule has 2 rings (SSSR count). The number of hydrogen-bond acceptors (Lipinski definition) is 3. The zero-order chi connectivity index (χ0) is 18.4. The largest absolute Gasteiger partial charge is 0.481 e. The first-order valence-corrected chi connectivity index (χ1v) is 8.11. The van der Waals surface area contributed by atoms with Crippen LogP contribution >= 0.6 is 0 Å². The van der Waals surface area contributed by atoms with Crippen molar-refractivity contribution in [2.45, 2.75) is 39.2 Å². The quantitative estimate of drug-likeness (QED) is 0.658. The molecule has 0 aliphatic heterocycles. The first-order chi connectivity index (χ1) is 11.8. The summed E-state index contributed by atoms with van der Waals surface area (Å²) in [6.07, 6.45) is 0.758. The molecule has 1 atom stereocenters. The van der Waals surface area contributed by atoms with Crippen LogP contribution in [0.5, 0.6) is 5.75 Å². The van der Waals surface area contributed by atoms with E-state index < -0.39 is 6.10 Å². The number of halogens is 1. The molecule has 25 heavy (non-hydrogen) atoms. The number of amides is 1. The second kappa shape index (κ2) is 7.92. The van der Waals surface area contributed by atoms with E-state index in [0.717, 1.165) is 0 Å². The Labute approximate surface area is 147 Å². The number of hydrazone groups is 1. The van der Waals surface area contributed by atoms with Crippen molar-refractivity contribution in [3.63, 3.8) is 0 Å². The van der Waals surface area contributed by atoms with Crippen molar-refractivity contribution in [3.05, 3.63) is 65.5 Å². The Morgan fingerprint density at radius 3 is 2.28 bits per heavy atom. The number of hydrogen-bond donors (Lipinski definition) is 1.